The van der Waals surface area contributed by atoms with Gasteiger partial charge in [0, 0.05) is 37.8 Å². The van der Waals surface area contributed by atoms with Crippen LogP contribution in [0.1, 0.15) is 41.6 Å². The van der Waals surface area contributed by atoms with Crippen LogP contribution in [0.25, 0.3) is 0 Å². The zero-order chi connectivity index (χ0) is 22.0. The maximum absolute atomic E-state index is 13.9. The summed E-state index contributed by atoms with van der Waals surface area (Å²) in [7, 11) is -4.03. The number of amides is 1. The van der Waals surface area contributed by atoms with Crippen LogP contribution in [0.5, 0.6) is 0 Å². The molecule has 1 saturated carbocycles. The summed E-state index contributed by atoms with van der Waals surface area (Å²) >= 11 is 0. The Morgan fingerprint density at radius 2 is 1.71 bits per heavy atom. The lowest BCUT2D eigenvalue weighted by atomic mass is 10.1. The molecule has 31 heavy (non-hydrogen) atoms. The van der Waals surface area contributed by atoms with Crippen LogP contribution in [0.3, 0.4) is 0 Å². The Hall–Kier alpha value is -2.45. The highest BCUT2D eigenvalue weighted by Gasteiger charge is 2.29. The third-order valence-electron chi connectivity index (χ3n) is 6.31. The maximum Gasteiger partial charge on any atom is 0.262 e. The standard InChI is InChI=1S/C23H28FN3O3S/c1-17-10-11-19(31(29,30)25-22-9-5-4-8-21(22)24)16-20(17)23(28)27-14-12-26(13-15-27)18-6-2-3-7-18/h4-5,8-11,16,18,25H,2-3,6-7,12-15H2,1H3. The van der Waals surface area contributed by atoms with Crippen molar-refractivity contribution in [3.05, 3.63) is 59.4 Å². The van der Waals surface area contributed by atoms with Crippen molar-refractivity contribution in [1.82, 2.24) is 9.80 Å². The zero-order valence-corrected chi connectivity index (χ0v) is 18.5. The molecule has 2 aliphatic rings. The van der Waals surface area contributed by atoms with E-state index in [0.29, 0.717) is 30.3 Å². The number of nitrogens with zero attached hydrogens (tertiary/aromatic N) is 2. The number of anilines is 1. The van der Waals surface area contributed by atoms with Gasteiger partial charge in [0.1, 0.15) is 5.82 Å². The van der Waals surface area contributed by atoms with Gasteiger partial charge in [-0.05, 0) is 49.6 Å². The highest BCUT2D eigenvalue weighted by atomic mass is 32.2. The summed E-state index contributed by atoms with van der Waals surface area (Å²) in [5, 5.41) is 0. The molecule has 1 aliphatic carbocycles. The van der Waals surface area contributed by atoms with Crippen molar-refractivity contribution in [2.75, 3.05) is 30.9 Å². The summed E-state index contributed by atoms with van der Waals surface area (Å²) in [4.78, 5) is 17.4. The van der Waals surface area contributed by atoms with E-state index in [9.17, 15) is 17.6 Å². The van der Waals surface area contributed by atoms with E-state index in [1.807, 2.05) is 0 Å². The van der Waals surface area contributed by atoms with Crippen molar-refractivity contribution >= 4 is 21.6 Å². The maximum atomic E-state index is 13.9. The van der Waals surface area contributed by atoms with E-state index >= 15 is 0 Å². The first-order valence-corrected chi connectivity index (χ1v) is 12.2. The molecule has 0 spiro atoms. The number of halogens is 1. The second-order valence-corrected chi connectivity index (χ2v) is 10.0. The van der Waals surface area contributed by atoms with Gasteiger partial charge in [0.15, 0.2) is 0 Å². The lowest BCUT2D eigenvalue weighted by Gasteiger charge is -2.38. The Bertz CT molecular complexity index is 1060. The van der Waals surface area contributed by atoms with Crippen LogP contribution < -0.4 is 4.72 Å². The SMILES string of the molecule is Cc1ccc(S(=O)(=O)Nc2ccccc2F)cc1C(=O)N1CCN(C2CCCC2)CC1. The van der Waals surface area contributed by atoms with Gasteiger partial charge >= 0.3 is 0 Å². The van der Waals surface area contributed by atoms with Gasteiger partial charge in [-0.1, -0.05) is 31.0 Å². The lowest BCUT2D eigenvalue weighted by Crippen LogP contribution is -2.51. The molecule has 6 nitrogen and oxygen atoms in total. The van der Waals surface area contributed by atoms with Gasteiger partial charge in [0.2, 0.25) is 0 Å². The molecule has 0 unspecified atom stereocenters. The van der Waals surface area contributed by atoms with Crippen molar-refractivity contribution in [1.29, 1.82) is 0 Å². The number of hydrogen-bond acceptors (Lipinski definition) is 4. The van der Waals surface area contributed by atoms with Gasteiger partial charge in [-0.25, -0.2) is 12.8 Å². The first-order valence-electron chi connectivity index (χ1n) is 10.8. The molecule has 8 heteroatoms. The Balaban J connectivity index is 1.50. The number of carbonyl (C=O) groups excluding carboxylic acids is 1. The minimum Gasteiger partial charge on any atom is -0.336 e. The molecule has 0 bridgehead atoms. The minimum atomic E-state index is -4.03. The molecule has 0 radical (unpaired) electrons. The Kier molecular flexibility index (Phi) is 6.29. The molecule has 1 N–H and O–H groups in total. The van der Waals surface area contributed by atoms with E-state index < -0.39 is 15.8 Å². The molecule has 1 amide bonds. The number of rotatable bonds is 5. The summed E-state index contributed by atoms with van der Waals surface area (Å²) in [6.45, 7) is 4.77. The molecular formula is C23H28FN3O3S. The Labute approximate surface area is 183 Å². The molecule has 1 heterocycles. The molecule has 166 valence electrons. The second kappa shape index (κ2) is 8.96. The smallest absolute Gasteiger partial charge is 0.262 e. The van der Waals surface area contributed by atoms with Crippen LogP contribution in [0.2, 0.25) is 0 Å². The monoisotopic (exact) mass is 445 g/mol. The number of nitrogens with one attached hydrogen (secondary N) is 1. The van der Waals surface area contributed by atoms with Crippen molar-refractivity contribution in [2.45, 2.75) is 43.5 Å². The average Bonchev–Trinajstić information content (AvgIpc) is 3.30. The van der Waals surface area contributed by atoms with Crippen LogP contribution >= 0.6 is 0 Å². The van der Waals surface area contributed by atoms with Crippen molar-refractivity contribution in [3.8, 4) is 0 Å². The van der Waals surface area contributed by atoms with E-state index in [-0.39, 0.29) is 16.5 Å². The first kappa shape index (κ1) is 21.8. The number of aryl methyl sites for hydroxylation is 1. The fourth-order valence-electron chi connectivity index (χ4n) is 4.48. The summed E-state index contributed by atoms with van der Waals surface area (Å²) in [5.41, 5.74) is 0.956. The Morgan fingerprint density at radius 1 is 1.03 bits per heavy atom. The normalized spacial score (nSPS) is 18.3. The predicted octanol–water partition coefficient (Wildman–Crippen LogP) is 3.64. The van der Waals surface area contributed by atoms with Crippen molar-refractivity contribution in [2.24, 2.45) is 0 Å². The molecule has 0 aromatic heterocycles. The van der Waals surface area contributed by atoms with Crippen LogP contribution in [0.15, 0.2) is 47.4 Å². The Morgan fingerprint density at radius 3 is 2.39 bits per heavy atom. The number of sulfonamides is 1. The number of para-hydroxylation sites is 1. The molecule has 0 atom stereocenters. The summed E-state index contributed by atoms with van der Waals surface area (Å²) < 4.78 is 41.8. The molecule has 2 aromatic carbocycles. The van der Waals surface area contributed by atoms with Crippen LogP contribution in [0, 0.1) is 12.7 Å². The molecule has 1 aliphatic heterocycles. The molecule has 1 saturated heterocycles. The minimum absolute atomic E-state index is 0.0608. The second-order valence-electron chi connectivity index (χ2n) is 8.33. The van der Waals surface area contributed by atoms with E-state index in [0.717, 1.165) is 13.1 Å². The van der Waals surface area contributed by atoms with E-state index in [1.54, 1.807) is 24.0 Å². The van der Waals surface area contributed by atoms with Gasteiger partial charge in [-0.2, -0.15) is 0 Å². The molecular weight excluding hydrogens is 417 g/mol. The summed E-state index contributed by atoms with van der Waals surface area (Å²) in [5.74, 6) is -0.818. The lowest BCUT2D eigenvalue weighted by molar-refractivity contribution is 0.0572. The zero-order valence-electron chi connectivity index (χ0n) is 17.7. The highest BCUT2D eigenvalue weighted by molar-refractivity contribution is 7.92. The fourth-order valence-corrected chi connectivity index (χ4v) is 5.57. The molecule has 4 rings (SSSR count). The number of benzene rings is 2. The molecule has 2 fully saturated rings. The predicted molar refractivity (Wildman–Crippen MR) is 118 cm³/mol. The third-order valence-corrected chi connectivity index (χ3v) is 7.67. The largest absolute Gasteiger partial charge is 0.336 e. The van der Waals surface area contributed by atoms with Crippen molar-refractivity contribution < 1.29 is 17.6 Å². The van der Waals surface area contributed by atoms with Gasteiger partial charge in [-0.15, -0.1) is 0 Å². The summed E-state index contributed by atoms with van der Waals surface area (Å²) in [6, 6.07) is 10.7. The van der Waals surface area contributed by atoms with E-state index in [2.05, 4.69) is 9.62 Å². The van der Waals surface area contributed by atoms with Gasteiger partial charge in [0.25, 0.3) is 15.9 Å². The average molecular weight is 446 g/mol. The van der Waals surface area contributed by atoms with Gasteiger partial charge in [0.05, 0.1) is 10.6 Å². The van der Waals surface area contributed by atoms with Crippen LogP contribution in [-0.2, 0) is 10.0 Å². The highest BCUT2D eigenvalue weighted by Crippen LogP contribution is 2.26. The number of piperazine rings is 1. The quantitative estimate of drug-likeness (QED) is 0.763. The third kappa shape index (κ3) is 4.75. The van der Waals surface area contributed by atoms with E-state index in [1.165, 1.54) is 56.0 Å². The van der Waals surface area contributed by atoms with Crippen molar-refractivity contribution in [3.63, 3.8) is 0 Å². The van der Waals surface area contributed by atoms with Crippen LogP contribution in [-0.4, -0.2) is 56.3 Å². The van der Waals surface area contributed by atoms with Gasteiger partial charge < -0.3 is 4.90 Å². The summed E-state index contributed by atoms with van der Waals surface area (Å²) in [6.07, 6.45) is 5.04. The molecule has 2 aromatic rings. The van der Waals surface area contributed by atoms with Gasteiger partial charge in [-0.3, -0.25) is 14.4 Å². The fraction of sp³-hybridized carbons (Fsp3) is 0.435. The van der Waals surface area contributed by atoms with Crippen LogP contribution in [0.4, 0.5) is 10.1 Å². The van der Waals surface area contributed by atoms with E-state index in [4.69, 9.17) is 0 Å². The topological polar surface area (TPSA) is 69.7 Å². The number of hydrogen-bond donors (Lipinski definition) is 1. The number of carbonyl (C=O) groups is 1. The first-order chi connectivity index (χ1) is 14.8.